The Morgan fingerprint density at radius 3 is 2.30 bits per heavy atom. The second-order valence-corrected chi connectivity index (χ2v) is 8.70. The lowest BCUT2D eigenvalue weighted by molar-refractivity contribution is -0.141. The number of aldehydes is 1. The average molecular weight is 529 g/mol. The molecule has 0 aromatic heterocycles. The van der Waals surface area contributed by atoms with Gasteiger partial charge in [0.15, 0.2) is 0 Å². The van der Waals surface area contributed by atoms with Gasteiger partial charge in [-0.15, -0.1) is 0 Å². The lowest BCUT2D eigenvalue weighted by Gasteiger charge is -2.26. The fraction of sp³-hybridized carbons (Fsp3) is 0.682. The van der Waals surface area contributed by atoms with Crippen molar-refractivity contribution in [2.75, 3.05) is 19.6 Å². The number of rotatable bonds is 17. The van der Waals surface area contributed by atoms with Crippen molar-refractivity contribution < 1.29 is 43.8 Å². The number of likely N-dealkylation sites (tertiary alicyclic amines) is 1. The second-order valence-electron chi connectivity index (χ2n) is 8.70. The first-order chi connectivity index (χ1) is 17.5. The van der Waals surface area contributed by atoms with Gasteiger partial charge in [0.25, 0.3) is 0 Å². The van der Waals surface area contributed by atoms with Crippen LogP contribution in [-0.2, 0) is 33.6 Å². The van der Waals surface area contributed by atoms with Crippen molar-refractivity contribution in [3.8, 4) is 0 Å². The molecule has 0 saturated carbocycles. The number of carboxylic acids is 2. The Morgan fingerprint density at radius 2 is 1.70 bits per heavy atom. The van der Waals surface area contributed by atoms with E-state index in [4.69, 9.17) is 21.7 Å². The van der Waals surface area contributed by atoms with E-state index in [-0.39, 0.29) is 13.0 Å². The van der Waals surface area contributed by atoms with E-state index in [0.717, 1.165) is 0 Å². The molecule has 1 fully saturated rings. The molecule has 0 bridgehead atoms. The van der Waals surface area contributed by atoms with E-state index in [2.05, 4.69) is 16.0 Å². The summed E-state index contributed by atoms with van der Waals surface area (Å²) in [6.07, 6.45) is 1.86. The number of carbonyl (C=O) groups excluding carboxylic acids is 5. The van der Waals surface area contributed by atoms with Gasteiger partial charge in [0.2, 0.25) is 23.6 Å². The number of nitrogens with one attached hydrogen (secondary N) is 3. The zero-order valence-corrected chi connectivity index (χ0v) is 20.5. The summed E-state index contributed by atoms with van der Waals surface area (Å²) in [6.45, 7) is 0.150. The molecule has 37 heavy (non-hydrogen) atoms. The lowest BCUT2D eigenvalue weighted by Crippen LogP contribution is -2.55. The van der Waals surface area contributed by atoms with E-state index in [9.17, 15) is 33.6 Å². The highest BCUT2D eigenvalue weighted by atomic mass is 16.4. The predicted octanol–water partition coefficient (Wildman–Crippen LogP) is -2.94. The summed E-state index contributed by atoms with van der Waals surface area (Å²) >= 11 is 0. The maximum Gasteiger partial charge on any atom is 0.305 e. The van der Waals surface area contributed by atoms with Crippen LogP contribution in [0.25, 0.3) is 0 Å². The third-order valence-corrected chi connectivity index (χ3v) is 5.77. The van der Waals surface area contributed by atoms with Gasteiger partial charge < -0.3 is 47.3 Å². The van der Waals surface area contributed by atoms with Crippen LogP contribution in [0.1, 0.15) is 51.4 Å². The molecule has 208 valence electrons. The van der Waals surface area contributed by atoms with Crippen LogP contribution in [0.5, 0.6) is 0 Å². The molecule has 0 aliphatic carbocycles. The van der Waals surface area contributed by atoms with Gasteiger partial charge in [-0.05, 0) is 45.1 Å². The number of hydrogen-bond donors (Lipinski definition) is 7. The fourth-order valence-corrected chi connectivity index (χ4v) is 3.76. The van der Waals surface area contributed by atoms with Crippen LogP contribution in [0.15, 0.2) is 0 Å². The first-order valence-corrected chi connectivity index (χ1v) is 12.0. The number of carbonyl (C=O) groups is 7. The van der Waals surface area contributed by atoms with Gasteiger partial charge in [0, 0.05) is 13.0 Å². The molecule has 9 N–H and O–H groups in total. The zero-order chi connectivity index (χ0) is 28.0. The molecule has 0 aromatic rings. The van der Waals surface area contributed by atoms with Crippen molar-refractivity contribution in [3.63, 3.8) is 0 Å². The summed E-state index contributed by atoms with van der Waals surface area (Å²) in [5.41, 5.74) is 11.0. The van der Waals surface area contributed by atoms with E-state index in [1.165, 1.54) is 4.90 Å². The summed E-state index contributed by atoms with van der Waals surface area (Å²) in [6, 6.07) is -4.38. The van der Waals surface area contributed by atoms with Crippen LogP contribution in [0, 0.1) is 0 Å². The summed E-state index contributed by atoms with van der Waals surface area (Å²) in [5, 5.41) is 24.8. The summed E-state index contributed by atoms with van der Waals surface area (Å²) in [7, 11) is 0. The molecular weight excluding hydrogens is 492 g/mol. The maximum atomic E-state index is 12.7. The summed E-state index contributed by atoms with van der Waals surface area (Å²) in [5.74, 6) is -5.55. The first kappa shape index (κ1) is 31.4. The van der Waals surface area contributed by atoms with Crippen molar-refractivity contribution >= 4 is 41.9 Å². The highest BCUT2D eigenvalue weighted by molar-refractivity contribution is 5.95. The monoisotopic (exact) mass is 528 g/mol. The number of amides is 4. The molecule has 4 atom stereocenters. The van der Waals surface area contributed by atoms with Crippen LogP contribution < -0.4 is 27.4 Å². The minimum Gasteiger partial charge on any atom is -0.481 e. The molecule has 1 rings (SSSR count). The molecule has 15 heteroatoms. The van der Waals surface area contributed by atoms with Gasteiger partial charge in [0.05, 0.1) is 25.0 Å². The number of carboxylic acid groups (broad SMARTS) is 2. The summed E-state index contributed by atoms with van der Waals surface area (Å²) in [4.78, 5) is 84.4. The third-order valence-electron chi connectivity index (χ3n) is 5.77. The number of aliphatic carboxylic acids is 2. The molecule has 15 nitrogen and oxygen atoms in total. The van der Waals surface area contributed by atoms with Crippen molar-refractivity contribution in [2.24, 2.45) is 11.5 Å². The van der Waals surface area contributed by atoms with Gasteiger partial charge >= 0.3 is 11.9 Å². The number of unbranched alkanes of at least 4 members (excludes halogenated alkanes) is 1. The van der Waals surface area contributed by atoms with E-state index < -0.39 is 79.1 Å². The Labute approximate surface area is 213 Å². The molecule has 0 radical (unpaired) electrons. The molecule has 1 heterocycles. The minimum atomic E-state index is -1.56. The number of nitrogens with zero attached hydrogens (tertiary/aromatic N) is 1. The van der Waals surface area contributed by atoms with Crippen molar-refractivity contribution in [1.82, 2.24) is 20.9 Å². The Bertz CT molecular complexity index is 852. The van der Waals surface area contributed by atoms with Gasteiger partial charge in [-0.1, -0.05) is 0 Å². The largest absolute Gasteiger partial charge is 0.481 e. The van der Waals surface area contributed by atoms with Crippen LogP contribution >= 0.6 is 0 Å². The standard InChI is InChI=1S/C22H36N6O9/c23-8-2-1-4-13(12-29)26-22(37)16-5-3-9-28(16)17(30)11-25-21(36)15(10-19(33)34)27-20(35)14(24)6-7-18(31)32/h12-16H,1-11,23-24H2,(H,25,36)(H,26,37)(H,27,35)(H,31,32)(H,33,34)/t13-,14-,15-,16-/m0/s1. The molecule has 1 saturated heterocycles. The van der Waals surface area contributed by atoms with Crippen LogP contribution in [-0.4, -0.2) is 101 Å². The molecule has 0 aromatic carbocycles. The topological polar surface area (TPSA) is 251 Å². The van der Waals surface area contributed by atoms with Gasteiger partial charge in [0.1, 0.15) is 18.4 Å². The van der Waals surface area contributed by atoms with Gasteiger partial charge in [-0.2, -0.15) is 0 Å². The first-order valence-electron chi connectivity index (χ1n) is 12.0. The minimum absolute atomic E-state index is 0.225. The Morgan fingerprint density at radius 1 is 1.00 bits per heavy atom. The number of hydrogen-bond acceptors (Lipinski definition) is 9. The maximum absolute atomic E-state index is 12.7. The normalized spacial score (nSPS) is 17.2. The van der Waals surface area contributed by atoms with E-state index in [1.54, 1.807) is 0 Å². The van der Waals surface area contributed by atoms with E-state index in [1.807, 2.05) is 0 Å². The molecule has 0 spiro atoms. The van der Waals surface area contributed by atoms with Crippen molar-refractivity contribution in [3.05, 3.63) is 0 Å². The molecular formula is C22H36N6O9. The highest BCUT2D eigenvalue weighted by Crippen LogP contribution is 2.18. The lowest BCUT2D eigenvalue weighted by atomic mass is 10.1. The smallest absolute Gasteiger partial charge is 0.305 e. The van der Waals surface area contributed by atoms with Crippen molar-refractivity contribution in [2.45, 2.75) is 75.5 Å². The van der Waals surface area contributed by atoms with Crippen LogP contribution in [0.2, 0.25) is 0 Å². The third kappa shape index (κ3) is 11.3. The quantitative estimate of drug-likeness (QED) is 0.0742. The fourth-order valence-electron chi connectivity index (χ4n) is 3.76. The average Bonchev–Trinajstić information content (AvgIpc) is 3.34. The Balaban J connectivity index is 2.70. The molecule has 1 aliphatic rings. The highest BCUT2D eigenvalue weighted by Gasteiger charge is 2.35. The summed E-state index contributed by atoms with van der Waals surface area (Å²) < 4.78 is 0. The predicted molar refractivity (Wildman–Crippen MR) is 128 cm³/mol. The van der Waals surface area contributed by atoms with E-state index in [0.29, 0.717) is 44.9 Å². The van der Waals surface area contributed by atoms with Crippen molar-refractivity contribution in [1.29, 1.82) is 0 Å². The van der Waals surface area contributed by atoms with Gasteiger partial charge in [-0.3, -0.25) is 28.8 Å². The number of nitrogens with two attached hydrogens (primary N) is 2. The Kier molecular flexibility index (Phi) is 13.8. The van der Waals surface area contributed by atoms with Gasteiger partial charge in [-0.25, -0.2) is 0 Å². The van der Waals surface area contributed by atoms with Crippen LogP contribution in [0.4, 0.5) is 0 Å². The molecule has 0 unspecified atom stereocenters. The Hall–Kier alpha value is -3.59. The second kappa shape index (κ2) is 16.2. The SMILES string of the molecule is NCCCC[C@@H](C=O)NC(=O)[C@@H]1CCCN1C(=O)CNC(=O)[C@H](CC(=O)O)NC(=O)[C@@H](N)CCC(=O)O. The zero-order valence-electron chi connectivity index (χ0n) is 20.5. The van der Waals surface area contributed by atoms with E-state index >= 15 is 0 Å². The van der Waals surface area contributed by atoms with Crippen LogP contribution in [0.3, 0.4) is 0 Å². The molecule has 4 amide bonds. The molecule has 1 aliphatic heterocycles.